The van der Waals surface area contributed by atoms with Crippen LogP contribution in [0.5, 0.6) is 5.75 Å². The molecule has 0 saturated carbocycles. The van der Waals surface area contributed by atoms with Crippen LogP contribution < -0.4 is 20.3 Å². The van der Waals surface area contributed by atoms with Crippen LogP contribution in [0.1, 0.15) is 44.6 Å². The molecule has 7 nitrogen and oxygen atoms in total. The quantitative estimate of drug-likeness (QED) is 0.677. The number of piperidine rings is 1. The van der Waals surface area contributed by atoms with Crippen molar-refractivity contribution in [1.82, 2.24) is 15.3 Å². The molecular formula is C23H31N5O2. The van der Waals surface area contributed by atoms with Crippen molar-refractivity contribution in [3.63, 3.8) is 0 Å². The number of aryl methyl sites for hydroxylation is 1. The van der Waals surface area contributed by atoms with Crippen LogP contribution >= 0.6 is 0 Å². The molecule has 1 aromatic heterocycles. The Morgan fingerprint density at radius 3 is 2.63 bits per heavy atom. The van der Waals surface area contributed by atoms with Gasteiger partial charge in [0.1, 0.15) is 11.6 Å². The standard InChI is InChI=1S/C23H31N5O2/c1-3-4-15-30-19-7-5-18(6-8-19)26-22-25-16-17(2)20(27-22)28-13-10-23(11-14-28)9-12-24-21(23)29/h5-8,16H,3-4,9-15H2,1-2H3,(H,24,29)(H,25,26,27). The van der Waals surface area contributed by atoms with Gasteiger partial charge in [-0.15, -0.1) is 0 Å². The molecule has 1 spiro atoms. The number of nitrogens with one attached hydrogen (secondary N) is 2. The molecule has 2 N–H and O–H groups in total. The Labute approximate surface area is 178 Å². The van der Waals surface area contributed by atoms with Crippen molar-refractivity contribution in [1.29, 1.82) is 0 Å². The summed E-state index contributed by atoms with van der Waals surface area (Å²) < 4.78 is 5.72. The largest absolute Gasteiger partial charge is 0.494 e. The third kappa shape index (κ3) is 4.35. The van der Waals surface area contributed by atoms with E-state index >= 15 is 0 Å². The highest BCUT2D eigenvalue weighted by molar-refractivity contribution is 5.85. The van der Waals surface area contributed by atoms with E-state index in [1.807, 2.05) is 37.4 Å². The Morgan fingerprint density at radius 2 is 1.97 bits per heavy atom. The van der Waals surface area contributed by atoms with Gasteiger partial charge in [-0.25, -0.2) is 4.98 Å². The molecule has 0 aliphatic carbocycles. The number of ether oxygens (including phenoxy) is 1. The minimum atomic E-state index is -0.167. The van der Waals surface area contributed by atoms with Crippen molar-refractivity contribution >= 4 is 23.4 Å². The van der Waals surface area contributed by atoms with Gasteiger partial charge in [0, 0.05) is 37.1 Å². The second-order valence-corrected chi connectivity index (χ2v) is 8.32. The number of aromatic nitrogens is 2. The zero-order valence-electron chi connectivity index (χ0n) is 17.9. The Kier molecular flexibility index (Phi) is 6.06. The fraction of sp³-hybridized carbons (Fsp3) is 0.522. The van der Waals surface area contributed by atoms with E-state index in [1.54, 1.807) is 0 Å². The Bertz CT molecular complexity index is 876. The average Bonchev–Trinajstić information content (AvgIpc) is 3.11. The van der Waals surface area contributed by atoms with Crippen molar-refractivity contribution in [3.8, 4) is 5.75 Å². The highest BCUT2D eigenvalue weighted by atomic mass is 16.5. The monoisotopic (exact) mass is 409 g/mol. The zero-order valence-corrected chi connectivity index (χ0v) is 17.9. The van der Waals surface area contributed by atoms with E-state index in [4.69, 9.17) is 9.72 Å². The summed E-state index contributed by atoms with van der Waals surface area (Å²) in [4.78, 5) is 23.8. The van der Waals surface area contributed by atoms with Crippen LogP contribution in [0.25, 0.3) is 0 Å². The van der Waals surface area contributed by atoms with E-state index in [0.29, 0.717) is 5.95 Å². The molecule has 3 heterocycles. The molecule has 0 bridgehead atoms. The number of unbranched alkanes of at least 4 members (excludes halogenated alkanes) is 1. The van der Waals surface area contributed by atoms with E-state index in [-0.39, 0.29) is 11.3 Å². The number of carbonyl (C=O) groups excluding carboxylic acids is 1. The second kappa shape index (κ2) is 8.90. The van der Waals surface area contributed by atoms with E-state index in [9.17, 15) is 4.79 Å². The predicted molar refractivity (Wildman–Crippen MR) is 118 cm³/mol. The topological polar surface area (TPSA) is 79.4 Å². The highest BCUT2D eigenvalue weighted by Gasteiger charge is 2.44. The molecule has 2 aliphatic heterocycles. The van der Waals surface area contributed by atoms with E-state index in [1.165, 1.54) is 0 Å². The number of rotatable bonds is 7. The van der Waals surface area contributed by atoms with Crippen molar-refractivity contribution in [2.45, 2.75) is 46.0 Å². The Morgan fingerprint density at radius 1 is 1.20 bits per heavy atom. The lowest BCUT2D eigenvalue weighted by molar-refractivity contribution is -0.128. The molecule has 2 aliphatic rings. The summed E-state index contributed by atoms with van der Waals surface area (Å²) in [5.74, 6) is 2.62. The molecular weight excluding hydrogens is 378 g/mol. The van der Waals surface area contributed by atoms with Crippen LogP contribution in [0.2, 0.25) is 0 Å². The van der Waals surface area contributed by atoms with Gasteiger partial charge in [-0.2, -0.15) is 4.98 Å². The van der Waals surface area contributed by atoms with Crippen LogP contribution in [0, 0.1) is 12.3 Å². The van der Waals surface area contributed by atoms with Crippen molar-refractivity contribution in [3.05, 3.63) is 36.0 Å². The van der Waals surface area contributed by atoms with Crippen molar-refractivity contribution in [2.24, 2.45) is 5.41 Å². The van der Waals surface area contributed by atoms with Gasteiger partial charge in [0.25, 0.3) is 0 Å². The van der Waals surface area contributed by atoms with Gasteiger partial charge >= 0.3 is 0 Å². The van der Waals surface area contributed by atoms with E-state index < -0.39 is 0 Å². The number of hydrogen-bond donors (Lipinski definition) is 2. The number of anilines is 3. The summed E-state index contributed by atoms with van der Waals surface area (Å²) in [7, 11) is 0. The van der Waals surface area contributed by atoms with Crippen molar-refractivity contribution < 1.29 is 9.53 Å². The molecule has 2 saturated heterocycles. The van der Waals surface area contributed by atoms with E-state index in [2.05, 4.69) is 27.4 Å². The number of amides is 1. The summed E-state index contributed by atoms with van der Waals surface area (Å²) in [5, 5.41) is 6.29. The molecule has 160 valence electrons. The summed E-state index contributed by atoms with van der Waals surface area (Å²) in [6.45, 7) is 7.42. The molecule has 1 amide bonds. The van der Waals surface area contributed by atoms with Gasteiger partial charge in [0.15, 0.2) is 0 Å². The predicted octanol–water partition coefficient (Wildman–Crippen LogP) is 3.81. The Balaban J connectivity index is 1.40. The molecule has 0 radical (unpaired) electrons. The Hall–Kier alpha value is -2.83. The van der Waals surface area contributed by atoms with Crippen LogP contribution in [-0.2, 0) is 4.79 Å². The van der Waals surface area contributed by atoms with Crippen LogP contribution in [0.3, 0.4) is 0 Å². The maximum Gasteiger partial charge on any atom is 0.229 e. The van der Waals surface area contributed by atoms with Gasteiger partial charge in [0.2, 0.25) is 11.9 Å². The molecule has 30 heavy (non-hydrogen) atoms. The normalized spacial score (nSPS) is 17.8. The zero-order chi connectivity index (χ0) is 21.0. The molecule has 4 rings (SSSR count). The first-order valence-electron chi connectivity index (χ1n) is 11.0. The maximum absolute atomic E-state index is 12.2. The SMILES string of the molecule is CCCCOc1ccc(Nc2ncc(C)c(N3CCC4(CCNC4=O)CC3)n2)cc1. The fourth-order valence-corrected chi connectivity index (χ4v) is 4.25. The third-order valence-electron chi connectivity index (χ3n) is 6.21. The lowest BCUT2D eigenvalue weighted by Gasteiger charge is -2.38. The first-order valence-corrected chi connectivity index (χ1v) is 11.0. The van der Waals surface area contributed by atoms with Gasteiger partial charge in [-0.3, -0.25) is 4.79 Å². The molecule has 1 aromatic carbocycles. The maximum atomic E-state index is 12.2. The molecule has 0 unspecified atom stereocenters. The van der Waals surface area contributed by atoms with Crippen molar-refractivity contribution in [2.75, 3.05) is 36.5 Å². The molecule has 2 aromatic rings. The van der Waals surface area contributed by atoms with Crippen LogP contribution in [0.4, 0.5) is 17.5 Å². The third-order valence-corrected chi connectivity index (χ3v) is 6.21. The summed E-state index contributed by atoms with van der Waals surface area (Å²) in [6, 6.07) is 7.88. The minimum Gasteiger partial charge on any atom is -0.494 e. The number of carbonyl (C=O) groups is 1. The van der Waals surface area contributed by atoms with E-state index in [0.717, 1.165) is 81.2 Å². The van der Waals surface area contributed by atoms with Gasteiger partial charge < -0.3 is 20.3 Å². The number of nitrogens with zero attached hydrogens (tertiary/aromatic N) is 3. The first-order chi connectivity index (χ1) is 14.6. The lowest BCUT2D eigenvalue weighted by atomic mass is 9.77. The summed E-state index contributed by atoms with van der Waals surface area (Å²) >= 11 is 0. The van der Waals surface area contributed by atoms with Gasteiger partial charge in [-0.05, 0) is 56.9 Å². The summed E-state index contributed by atoms with van der Waals surface area (Å²) in [6.07, 6.45) is 6.75. The second-order valence-electron chi connectivity index (χ2n) is 8.32. The molecule has 2 fully saturated rings. The van der Waals surface area contributed by atoms with Gasteiger partial charge in [-0.1, -0.05) is 13.3 Å². The minimum absolute atomic E-state index is 0.167. The smallest absolute Gasteiger partial charge is 0.229 e. The molecule has 7 heteroatoms. The molecule has 0 atom stereocenters. The average molecular weight is 410 g/mol. The fourth-order valence-electron chi connectivity index (χ4n) is 4.25. The summed E-state index contributed by atoms with van der Waals surface area (Å²) in [5.41, 5.74) is 1.80. The number of benzene rings is 1. The number of hydrogen-bond acceptors (Lipinski definition) is 6. The van der Waals surface area contributed by atoms with Crippen LogP contribution in [-0.4, -0.2) is 42.1 Å². The lowest BCUT2D eigenvalue weighted by Crippen LogP contribution is -2.44. The van der Waals surface area contributed by atoms with Crippen LogP contribution in [0.15, 0.2) is 30.5 Å². The van der Waals surface area contributed by atoms with Gasteiger partial charge in [0.05, 0.1) is 12.0 Å². The highest BCUT2D eigenvalue weighted by Crippen LogP contribution is 2.39. The first kappa shape index (κ1) is 20.4.